The Morgan fingerprint density at radius 3 is 2.67 bits per heavy atom. The van der Waals surface area contributed by atoms with E-state index in [0.29, 0.717) is 35.7 Å². The molecule has 0 aliphatic rings. The molecule has 0 amide bonds. The smallest absolute Gasteiger partial charge is 0.344 e. The maximum atomic E-state index is 12.8. The van der Waals surface area contributed by atoms with Crippen LogP contribution in [0.25, 0.3) is 11.0 Å². The number of hydrogen-bond acceptors (Lipinski definition) is 7. The molecule has 0 unspecified atom stereocenters. The fourth-order valence-electron chi connectivity index (χ4n) is 2.73. The molecular formula is C23H24O7. The van der Waals surface area contributed by atoms with Crippen LogP contribution in [0.4, 0.5) is 0 Å². The van der Waals surface area contributed by atoms with Gasteiger partial charge in [-0.2, -0.15) is 0 Å². The Bertz CT molecular complexity index is 1080. The van der Waals surface area contributed by atoms with Crippen LogP contribution in [0.3, 0.4) is 0 Å². The summed E-state index contributed by atoms with van der Waals surface area (Å²) in [4.78, 5) is 24.4. The average molecular weight is 412 g/mol. The summed E-state index contributed by atoms with van der Waals surface area (Å²) in [5.74, 6) is 0.580. The normalized spacial score (nSPS) is 10.8. The highest BCUT2D eigenvalue weighted by atomic mass is 16.6. The predicted octanol–water partition coefficient (Wildman–Crippen LogP) is 4.16. The van der Waals surface area contributed by atoms with Crippen LogP contribution in [-0.2, 0) is 14.3 Å². The van der Waals surface area contributed by atoms with Crippen molar-refractivity contribution in [3.8, 4) is 17.2 Å². The molecule has 0 fully saturated rings. The largest absolute Gasteiger partial charge is 0.482 e. The van der Waals surface area contributed by atoms with Gasteiger partial charge in [0.25, 0.3) is 0 Å². The van der Waals surface area contributed by atoms with E-state index in [9.17, 15) is 9.59 Å². The van der Waals surface area contributed by atoms with Crippen molar-refractivity contribution < 1.29 is 28.2 Å². The lowest BCUT2D eigenvalue weighted by Crippen LogP contribution is -2.17. The summed E-state index contributed by atoms with van der Waals surface area (Å²) in [5, 5.41) is 0.351. The topological polar surface area (TPSA) is 84.2 Å². The first kappa shape index (κ1) is 21.4. The van der Waals surface area contributed by atoms with E-state index >= 15 is 0 Å². The van der Waals surface area contributed by atoms with Crippen molar-refractivity contribution >= 4 is 16.9 Å². The van der Waals surface area contributed by atoms with Gasteiger partial charge in [-0.3, -0.25) is 4.79 Å². The summed E-state index contributed by atoms with van der Waals surface area (Å²) >= 11 is 0. The first-order valence-corrected chi connectivity index (χ1v) is 9.64. The van der Waals surface area contributed by atoms with Crippen molar-refractivity contribution in [2.24, 2.45) is 0 Å². The van der Waals surface area contributed by atoms with E-state index in [4.69, 9.17) is 23.4 Å². The number of esters is 1. The number of ether oxygens (including phenoxy) is 4. The van der Waals surface area contributed by atoms with Gasteiger partial charge in [0.05, 0.1) is 12.0 Å². The Labute approximate surface area is 174 Å². The minimum Gasteiger partial charge on any atom is -0.482 e. The lowest BCUT2D eigenvalue weighted by atomic mass is 10.1. The number of fused-ring (bicyclic) bond motifs is 1. The fraction of sp³-hybridized carbons (Fsp3) is 0.304. The molecule has 0 aliphatic carbocycles. The lowest BCUT2D eigenvalue weighted by Gasteiger charge is -2.10. The molecule has 0 saturated heterocycles. The van der Waals surface area contributed by atoms with Gasteiger partial charge >= 0.3 is 5.97 Å². The molecule has 30 heavy (non-hydrogen) atoms. The standard InChI is InChI=1S/C23H24O7/c1-4-26-9-10-27-22(24)14-28-17-7-8-18-20(12-17)29-13-21(23(18)25)30-19-11-15(2)5-6-16(19)3/h5-8,11-13H,4,9-10,14H2,1-3H3. The summed E-state index contributed by atoms with van der Waals surface area (Å²) < 4.78 is 26.8. The first-order chi connectivity index (χ1) is 14.5. The Morgan fingerprint density at radius 1 is 1.03 bits per heavy atom. The number of aryl methyl sites for hydroxylation is 2. The fourth-order valence-corrected chi connectivity index (χ4v) is 2.73. The Hall–Kier alpha value is -3.32. The summed E-state index contributed by atoms with van der Waals surface area (Å²) in [6.07, 6.45) is 1.28. The second-order valence-electron chi connectivity index (χ2n) is 6.66. The third kappa shape index (κ3) is 5.39. The van der Waals surface area contributed by atoms with Crippen molar-refractivity contribution in [1.29, 1.82) is 0 Å². The van der Waals surface area contributed by atoms with E-state index in [1.54, 1.807) is 18.2 Å². The van der Waals surface area contributed by atoms with Crippen LogP contribution in [0.1, 0.15) is 18.1 Å². The molecule has 0 spiro atoms. The number of benzene rings is 2. The second-order valence-corrected chi connectivity index (χ2v) is 6.66. The molecule has 1 heterocycles. The van der Waals surface area contributed by atoms with Gasteiger partial charge in [0.1, 0.15) is 30.0 Å². The van der Waals surface area contributed by atoms with Crippen LogP contribution in [0.15, 0.2) is 51.9 Å². The van der Waals surface area contributed by atoms with Crippen molar-refractivity contribution in [3.05, 3.63) is 64.0 Å². The summed E-state index contributed by atoms with van der Waals surface area (Å²) in [5.41, 5.74) is 1.98. The van der Waals surface area contributed by atoms with Gasteiger partial charge in [-0.1, -0.05) is 12.1 Å². The Kier molecular flexibility index (Phi) is 7.08. The zero-order valence-electron chi connectivity index (χ0n) is 17.2. The van der Waals surface area contributed by atoms with Crippen molar-refractivity contribution in [2.45, 2.75) is 20.8 Å². The van der Waals surface area contributed by atoms with E-state index < -0.39 is 5.97 Å². The molecule has 3 aromatic rings. The SMILES string of the molecule is CCOCCOC(=O)COc1ccc2c(=O)c(Oc3cc(C)ccc3C)coc2c1. The van der Waals surface area contributed by atoms with Gasteiger partial charge < -0.3 is 23.4 Å². The molecule has 2 aromatic carbocycles. The quantitative estimate of drug-likeness (QED) is 0.385. The monoisotopic (exact) mass is 412 g/mol. The van der Waals surface area contributed by atoms with Crippen LogP contribution < -0.4 is 14.9 Å². The molecule has 0 N–H and O–H groups in total. The molecule has 0 saturated carbocycles. The molecule has 3 rings (SSSR count). The van der Waals surface area contributed by atoms with Crippen molar-refractivity contribution in [1.82, 2.24) is 0 Å². The highest BCUT2D eigenvalue weighted by Crippen LogP contribution is 2.26. The third-order valence-corrected chi connectivity index (χ3v) is 4.33. The van der Waals surface area contributed by atoms with Crippen LogP contribution in [0.5, 0.6) is 17.2 Å². The minimum atomic E-state index is -0.506. The Morgan fingerprint density at radius 2 is 1.87 bits per heavy atom. The molecule has 158 valence electrons. The van der Waals surface area contributed by atoms with E-state index in [1.165, 1.54) is 6.26 Å². The molecule has 0 atom stereocenters. The second kappa shape index (κ2) is 9.93. The van der Waals surface area contributed by atoms with Gasteiger partial charge in [0.15, 0.2) is 6.61 Å². The van der Waals surface area contributed by atoms with Crippen molar-refractivity contribution in [3.63, 3.8) is 0 Å². The molecule has 7 nitrogen and oxygen atoms in total. The zero-order valence-corrected chi connectivity index (χ0v) is 17.2. The van der Waals surface area contributed by atoms with Crippen LogP contribution in [0, 0.1) is 13.8 Å². The first-order valence-electron chi connectivity index (χ1n) is 9.64. The molecule has 1 aromatic heterocycles. The molecular weight excluding hydrogens is 388 g/mol. The van der Waals surface area contributed by atoms with Crippen LogP contribution in [-0.4, -0.2) is 32.4 Å². The van der Waals surface area contributed by atoms with E-state index in [2.05, 4.69) is 0 Å². The van der Waals surface area contributed by atoms with Gasteiger partial charge in [-0.15, -0.1) is 0 Å². The minimum absolute atomic E-state index is 0.0998. The summed E-state index contributed by atoms with van der Waals surface area (Å²) in [6, 6.07) is 10.5. The molecule has 0 bridgehead atoms. The maximum absolute atomic E-state index is 12.8. The van der Waals surface area contributed by atoms with Gasteiger partial charge in [-0.25, -0.2) is 4.79 Å². The maximum Gasteiger partial charge on any atom is 0.344 e. The Balaban J connectivity index is 1.69. The van der Waals surface area contributed by atoms with Gasteiger partial charge in [0, 0.05) is 12.7 Å². The van der Waals surface area contributed by atoms with E-state index in [0.717, 1.165) is 11.1 Å². The third-order valence-electron chi connectivity index (χ3n) is 4.33. The highest BCUT2D eigenvalue weighted by Gasteiger charge is 2.12. The van der Waals surface area contributed by atoms with Gasteiger partial charge in [0.2, 0.25) is 11.2 Å². The number of rotatable bonds is 9. The predicted molar refractivity (Wildman–Crippen MR) is 111 cm³/mol. The van der Waals surface area contributed by atoms with Gasteiger partial charge in [-0.05, 0) is 50.1 Å². The number of hydrogen-bond donors (Lipinski definition) is 0. The van der Waals surface area contributed by atoms with Crippen molar-refractivity contribution in [2.75, 3.05) is 26.4 Å². The highest BCUT2D eigenvalue weighted by molar-refractivity contribution is 5.79. The molecule has 0 aliphatic heterocycles. The lowest BCUT2D eigenvalue weighted by molar-refractivity contribution is -0.147. The summed E-state index contributed by atoms with van der Waals surface area (Å²) in [7, 11) is 0. The number of carbonyl (C=O) groups excluding carboxylic acids is 1. The van der Waals surface area contributed by atoms with E-state index in [1.807, 2.05) is 39.0 Å². The van der Waals surface area contributed by atoms with E-state index in [-0.39, 0.29) is 24.4 Å². The summed E-state index contributed by atoms with van der Waals surface area (Å²) in [6.45, 7) is 6.54. The van der Waals surface area contributed by atoms with Crippen LogP contribution >= 0.6 is 0 Å². The zero-order chi connectivity index (χ0) is 21.5. The number of carbonyl (C=O) groups is 1. The van der Waals surface area contributed by atoms with Crippen LogP contribution in [0.2, 0.25) is 0 Å². The molecule has 0 radical (unpaired) electrons. The molecule has 7 heteroatoms. The average Bonchev–Trinajstić information content (AvgIpc) is 2.74.